The summed E-state index contributed by atoms with van der Waals surface area (Å²) in [6.45, 7) is 2.06. The molecule has 1 heterocycles. The lowest BCUT2D eigenvalue weighted by Gasteiger charge is -2.05. The van der Waals surface area contributed by atoms with Crippen LogP contribution in [0.3, 0.4) is 0 Å². The molecule has 0 saturated carbocycles. The van der Waals surface area contributed by atoms with Crippen molar-refractivity contribution in [2.45, 2.75) is 6.92 Å². The van der Waals surface area contributed by atoms with Crippen LogP contribution < -0.4 is 11.1 Å². The first kappa shape index (κ1) is 12.4. The van der Waals surface area contributed by atoms with Crippen LogP contribution in [-0.2, 0) is 0 Å². The Morgan fingerprint density at radius 3 is 2.84 bits per heavy atom. The number of nitrogens with zero attached hydrogens (tertiary/aromatic N) is 1. The Kier molecular flexibility index (Phi) is 3.16. The van der Waals surface area contributed by atoms with Gasteiger partial charge in [-0.2, -0.15) is 0 Å². The molecule has 0 aliphatic heterocycles. The molecule has 5 heteroatoms. The number of anilines is 3. The van der Waals surface area contributed by atoms with Gasteiger partial charge in [-0.15, -0.1) is 0 Å². The number of nitrogen functional groups attached to an aromatic ring is 1. The summed E-state index contributed by atoms with van der Waals surface area (Å²) in [4.78, 5) is 4.54. The molecule has 0 saturated heterocycles. The number of nitrogens with two attached hydrogens (primary N) is 1. The van der Waals surface area contributed by atoms with Crippen molar-refractivity contribution in [2.24, 2.45) is 0 Å². The Balaban J connectivity index is 1.96. The smallest absolute Gasteiger partial charge is 0.188 e. The van der Waals surface area contributed by atoms with Gasteiger partial charge in [0.25, 0.3) is 0 Å². The van der Waals surface area contributed by atoms with Crippen molar-refractivity contribution in [1.82, 2.24) is 4.98 Å². The van der Waals surface area contributed by atoms with Crippen LogP contribution in [0.25, 0.3) is 10.2 Å². The summed E-state index contributed by atoms with van der Waals surface area (Å²) in [5, 5.41) is 4.19. The average Bonchev–Trinajstić information content (AvgIpc) is 2.74. The van der Waals surface area contributed by atoms with Gasteiger partial charge in [0.15, 0.2) is 5.13 Å². The van der Waals surface area contributed by atoms with Crippen molar-refractivity contribution in [3.05, 3.63) is 46.4 Å². The number of rotatable bonds is 2. The molecule has 19 heavy (non-hydrogen) atoms. The fourth-order valence-electron chi connectivity index (χ4n) is 1.83. The van der Waals surface area contributed by atoms with Gasteiger partial charge in [0.2, 0.25) is 0 Å². The minimum atomic E-state index is 0.763. The second-order valence-electron chi connectivity index (χ2n) is 4.35. The number of hydrogen-bond donors (Lipinski definition) is 2. The van der Waals surface area contributed by atoms with E-state index in [2.05, 4.69) is 45.3 Å². The van der Waals surface area contributed by atoms with Gasteiger partial charge in [0.1, 0.15) is 0 Å². The van der Waals surface area contributed by atoms with Gasteiger partial charge < -0.3 is 11.1 Å². The third-order valence-corrected chi connectivity index (χ3v) is 4.37. The summed E-state index contributed by atoms with van der Waals surface area (Å²) < 4.78 is 2.12. The highest BCUT2D eigenvalue weighted by Crippen LogP contribution is 2.32. The highest BCUT2D eigenvalue weighted by molar-refractivity contribution is 9.10. The van der Waals surface area contributed by atoms with E-state index in [4.69, 9.17) is 5.73 Å². The number of aromatic nitrogens is 1. The number of thiazole rings is 1. The van der Waals surface area contributed by atoms with E-state index in [-0.39, 0.29) is 0 Å². The van der Waals surface area contributed by atoms with Crippen LogP contribution >= 0.6 is 27.3 Å². The molecule has 3 rings (SSSR count). The fraction of sp³-hybridized carbons (Fsp3) is 0.0714. The van der Waals surface area contributed by atoms with E-state index in [0.717, 1.165) is 31.2 Å². The number of hydrogen-bond acceptors (Lipinski definition) is 4. The van der Waals surface area contributed by atoms with Gasteiger partial charge in [-0.3, -0.25) is 0 Å². The molecule has 0 spiro atoms. The van der Waals surface area contributed by atoms with E-state index in [0.29, 0.717) is 0 Å². The second-order valence-corrected chi connectivity index (χ2v) is 6.24. The molecule has 2 aromatic carbocycles. The molecule has 1 aromatic heterocycles. The average molecular weight is 334 g/mol. The third kappa shape index (κ3) is 2.57. The maximum Gasteiger partial charge on any atom is 0.188 e. The maximum absolute atomic E-state index is 5.78. The molecule has 0 aliphatic rings. The molecule has 3 N–H and O–H groups in total. The summed E-state index contributed by atoms with van der Waals surface area (Å²) in [6, 6.07) is 11.9. The second kappa shape index (κ2) is 4.83. The van der Waals surface area contributed by atoms with Gasteiger partial charge in [0.05, 0.1) is 15.9 Å². The number of aryl methyl sites for hydroxylation is 1. The van der Waals surface area contributed by atoms with E-state index in [1.165, 1.54) is 5.56 Å². The van der Waals surface area contributed by atoms with Crippen molar-refractivity contribution >= 4 is 54.0 Å². The van der Waals surface area contributed by atoms with Crippen LogP contribution in [-0.4, -0.2) is 4.98 Å². The normalized spacial score (nSPS) is 10.8. The largest absolute Gasteiger partial charge is 0.399 e. The molecular weight excluding hydrogens is 322 g/mol. The minimum Gasteiger partial charge on any atom is -0.399 e. The summed E-state index contributed by atoms with van der Waals surface area (Å²) in [6.07, 6.45) is 0. The molecule has 0 radical (unpaired) electrons. The lowest BCUT2D eigenvalue weighted by molar-refractivity contribution is 1.40. The number of benzene rings is 2. The Hall–Kier alpha value is -1.59. The number of fused-ring (bicyclic) bond motifs is 1. The van der Waals surface area contributed by atoms with Gasteiger partial charge in [-0.05, 0) is 58.7 Å². The lowest BCUT2D eigenvalue weighted by atomic mass is 10.2. The first-order chi connectivity index (χ1) is 9.11. The number of nitrogens with one attached hydrogen (secondary N) is 1. The standard InChI is InChI=1S/C14H12BrN3S/c1-8-2-4-11(10(15)6-8)17-14-18-12-5-3-9(16)7-13(12)19-14/h2-7H,16H2,1H3,(H,17,18). The highest BCUT2D eigenvalue weighted by Gasteiger charge is 2.06. The quantitative estimate of drug-likeness (QED) is 0.668. The molecule has 3 aromatic rings. The lowest BCUT2D eigenvalue weighted by Crippen LogP contribution is -1.90. The van der Waals surface area contributed by atoms with Crippen LogP contribution in [0.1, 0.15) is 5.56 Å². The zero-order valence-corrected chi connectivity index (χ0v) is 12.7. The van der Waals surface area contributed by atoms with E-state index in [9.17, 15) is 0 Å². The zero-order valence-electron chi connectivity index (χ0n) is 10.3. The predicted octanol–water partition coefficient (Wildman–Crippen LogP) is 4.69. The van der Waals surface area contributed by atoms with Crippen molar-refractivity contribution in [2.75, 3.05) is 11.1 Å². The topological polar surface area (TPSA) is 50.9 Å². The highest BCUT2D eigenvalue weighted by atomic mass is 79.9. The molecule has 0 fully saturated rings. The fourth-order valence-corrected chi connectivity index (χ4v) is 3.35. The Morgan fingerprint density at radius 2 is 2.05 bits per heavy atom. The maximum atomic E-state index is 5.78. The van der Waals surface area contributed by atoms with E-state index >= 15 is 0 Å². The molecule has 0 amide bonds. The van der Waals surface area contributed by atoms with Gasteiger partial charge >= 0.3 is 0 Å². The van der Waals surface area contributed by atoms with E-state index < -0.39 is 0 Å². The number of halogens is 1. The van der Waals surface area contributed by atoms with E-state index in [1.54, 1.807) is 11.3 Å². The summed E-state index contributed by atoms with van der Waals surface area (Å²) in [5.74, 6) is 0. The Morgan fingerprint density at radius 1 is 1.21 bits per heavy atom. The molecule has 0 atom stereocenters. The Labute approximate surface area is 123 Å². The first-order valence-corrected chi connectivity index (χ1v) is 7.42. The molecule has 0 bridgehead atoms. The molecule has 0 aliphatic carbocycles. The van der Waals surface area contributed by atoms with Gasteiger partial charge in [0, 0.05) is 10.2 Å². The van der Waals surface area contributed by atoms with Crippen molar-refractivity contribution in [3.8, 4) is 0 Å². The predicted molar refractivity (Wildman–Crippen MR) is 86.2 cm³/mol. The van der Waals surface area contributed by atoms with Crippen LogP contribution in [0.5, 0.6) is 0 Å². The summed E-state index contributed by atoms with van der Waals surface area (Å²) in [5.41, 5.74) is 9.73. The van der Waals surface area contributed by atoms with Crippen molar-refractivity contribution < 1.29 is 0 Å². The summed E-state index contributed by atoms with van der Waals surface area (Å²) in [7, 11) is 0. The van der Waals surface area contributed by atoms with Crippen molar-refractivity contribution in [1.29, 1.82) is 0 Å². The molecule has 0 unspecified atom stereocenters. The molecular formula is C14H12BrN3S. The monoisotopic (exact) mass is 333 g/mol. The van der Waals surface area contributed by atoms with Crippen LogP contribution in [0, 0.1) is 6.92 Å². The SMILES string of the molecule is Cc1ccc(Nc2nc3ccc(N)cc3s2)c(Br)c1. The Bertz CT molecular complexity index is 752. The summed E-state index contributed by atoms with van der Waals surface area (Å²) >= 11 is 5.15. The first-order valence-electron chi connectivity index (χ1n) is 5.81. The third-order valence-electron chi connectivity index (χ3n) is 2.78. The van der Waals surface area contributed by atoms with Crippen LogP contribution in [0.2, 0.25) is 0 Å². The molecule has 3 nitrogen and oxygen atoms in total. The van der Waals surface area contributed by atoms with E-state index in [1.807, 2.05) is 24.3 Å². The van der Waals surface area contributed by atoms with Crippen molar-refractivity contribution in [3.63, 3.8) is 0 Å². The van der Waals surface area contributed by atoms with Crippen LogP contribution in [0.15, 0.2) is 40.9 Å². The van der Waals surface area contributed by atoms with Gasteiger partial charge in [-0.1, -0.05) is 17.4 Å². The van der Waals surface area contributed by atoms with Gasteiger partial charge in [-0.25, -0.2) is 4.98 Å². The van der Waals surface area contributed by atoms with Crippen LogP contribution in [0.4, 0.5) is 16.5 Å². The molecule has 96 valence electrons. The zero-order chi connectivity index (χ0) is 13.4. The minimum absolute atomic E-state index is 0.763.